The summed E-state index contributed by atoms with van der Waals surface area (Å²) in [5.41, 5.74) is 2.62. The lowest BCUT2D eigenvalue weighted by Gasteiger charge is -2.16. The van der Waals surface area contributed by atoms with Gasteiger partial charge in [0.25, 0.3) is 5.91 Å². The van der Waals surface area contributed by atoms with Crippen LogP contribution in [0, 0.1) is 0 Å². The Morgan fingerprint density at radius 1 is 1.30 bits per heavy atom. The van der Waals surface area contributed by atoms with Crippen molar-refractivity contribution in [2.75, 3.05) is 16.8 Å². The molecule has 2 amide bonds. The molecule has 0 unspecified atom stereocenters. The van der Waals surface area contributed by atoms with Crippen LogP contribution in [0.25, 0.3) is 0 Å². The molecule has 1 aliphatic rings. The van der Waals surface area contributed by atoms with Crippen LogP contribution in [0.2, 0.25) is 0 Å². The predicted octanol–water partition coefficient (Wildman–Crippen LogP) is 2.44. The lowest BCUT2D eigenvalue weighted by molar-refractivity contribution is -0.114. The Kier molecular flexibility index (Phi) is 3.02. The Morgan fingerprint density at radius 3 is 2.85 bits per heavy atom. The van der Waals surface area contributed by atoms with Crippen LogP contribution < -0.4 is 10.2 Å². The van der Waals surface area contributed by atoms with Gasteiger partial charge in [0.1, 0.15) is 0 Å². The van der Waals surface area contributed by atoms with Crippen molar-refractivity contribution in [3.63, 3.8) is 0 Å². The lowest BCUT2D eigenvalue weighted by Crippen LogP contribution is -2.28. The second kappa shape index (κ2) is 4.85. The van der Waals surface area contributed by atoms with Gasteiger partial charge in [0.15, 0.2) is 5.76 Å². The van der Waals surface area contributed by atoms with E-state index < -0.39 is 0 Å². The second-order valence-electron chi connectivity index (χ2n) is 4.71. The zero-order valence-corrected chi connectivity index (χ0v) is 11.1. The highest BCUT2D eigenvalue weighted by molar-refractivity contribution is 6.06. The van der Waals surface area contributed by atoms with Gasteiger partial charge in [-0.25, -0.2) is 0 Å². The van der Waals surface area contributed by atoms with Gasteiger partial charge in [0, 0.05) is 24.8 Å². The van der Waals surface area contributed by atoms with Gasteiger partial charge >= 0.3 is 0 Å². The molecule has 5 nitrogen and oxygen atoms in total. The minimum absolute atomic E-state index is 0.133. The molecule has 0 saturated heterocycles. The van der Waals surface area contributed by atoms with Crippen LogP contribution in [0.15, 0.2) is 41.0 Å². The highest BCUT2D eigenvalue weighted by Crippen LogP contribution is 2.32. The first-order valence-corrected chi connectivity index (χ1v) is 6.41. The summed E-state index contributed by atoms with van der Waals surface area (Å²) in [7, 11) is 0. The van der Waals surface area contributed by atoms with Crippen LogP contribution in [-0.4, -0.2) is 18.4 Å². The maximum absolute atomic E-state index is 12.3. The van der Waals surface area contributed by atoms with E-state index in [1.165, 1.54) is 13.2 Å². The summed E-state index contributed by atoms with van der Waals surface area (Å²) >= 11 is 0. The largest absolute Gasteiger partial charge is 0.459 e. The number of carbonyl (C=O) groups excluding carboxylic acids is 2. The SMILES string of the molecule is CC(=O)Nc1ccc2c(c1)N(C(=O)c1ccco1)CC2. The molecule has 2 aromatic rings. The fraction of sp³-hybridized carbons (Fsp3) is 0.200. The summed E-state index contributed by atoms with van der Waals surface area (Å²) in [6.45, 7) is 2.08. The van der Waals surface area contributed by atoms with E-state index in [0.717, 1.165) is 17.7 Å². The Balaban J connectivity index is 1.92. The molecule has 0 spiro atoms. The van der Waals surface area contributed by atoms with E-state index in [1.54, 1.807) is 17.0 Å². The van der Waals surface area contributed by atoms with Gasteiger partial charge in [-0.2, -0.15) is 0 Å². The van der Waals surface area contributed by atoms with E-state index in [4.69, 9.17) is 4.42 Å². The van der Waals surface area contributed by atoms with Gasteiger partial charge in [-0.05, 0) is 36.2 Å². The molecule has 0 aliphatic carbocycles. The maximum atomic E-state index is 12.3. The molecule has 2 heterocycles. The molecule has 1 N–H and O–H groups in total. The van der Waals surface area contributed by atoms with Gasteiger partial charge in [0.2, 0.25) is 5.91 Å². The quantitative estimate of drug-likeness (QED) is 0.911. The fourth-order valence-corrected chi connectivity index (χ4v) is 2.40. The van der Waals surface area contributed by atoms with Gasteiger partial charge in [-0.15, -0.1) is 0 Å². The molecule has 5 heteroatoms. The summed E-state index contributed by atoms with van der Waals surface area (Å²) in [6.07, 6.45) is 2.29. The highest BCUT2D eigenvalue weighted by atomic mass is 16.3. The number of benzene rings is 1. The van der Waals surface area contributed by atoms with Crippen LogP contribution in [0.1, 0.15) is 23.0 Å². The van der Waals surface area contributed by atoms with Gasteiger partial charge in [0.05, 0.1) is 6.26 Å². The maximum Gasteiger partial charge on any atom is 0.293 e. The first-order valence-electron chi connectivity index (χ1n) is 6.41. The second-order valence-corrected chi connectivity index (χ2v) is 4.71. The molecule has 20 heavy (non-hydrogen) atoms. The molecule has 0 saturated carbocycles. The Hall–Kier alpha value is -2.56. The van der Waals surface area contributed by atoms with Crippen molar-refractivity contribution < 1.29 is 14.0 Å². The Labute approximate surface area is 116 Å². The number of fused-ring (bicyclic) bond motifs is 1. The summed E-state index contributed by atoms with van der Waals surface area (Å²) in [5, 5.41) is 2.73. The van der Waals surface area contributed by atoms with Crippen molar-refractivity contribution in [2.24, 2.45) is 0 Å². The summed E-state index contributed by atoms with van der Waals surface area (Å²) in [6, 6.07) is 8.96. The molecular formula is C15H14N2O3. The minimum atomic E-state index is -0.159. The van der Waals surface area contributed by atoms with E-state index >= 15 is 0 Å². The predicted molar refractivity (Wildman–Crippen MR) is 74.8 cm³/mol. The van der Waals surface area contributed by atoms with E-state index in [1.807, 2.05) is 18.2 Å². The van der Waals surface area contributed by atoms with E-state index in [0.29, 0.717) is 18.0 Å². The number of furan rings is 1. The monoisotopic (exact) mass is 270 g/mol. The number of amides is 2. The molecule has 0 fully saturated rings. The molecule has 1 aliphatic heterocycles. The van der Waals surface area contributed by atoms with Crippen LogP contribution in [0.5, 0.6) is 0 Å². The number of hydrogen-bond donors (Lipinski definition) is 1. The van der Waals surface area contributed by atoms with Gasteiger partial charge in [-0.1, -0.05) is 6.07 Å². The molecule has 102 valence electrons. The molecule has 0 atom stereocenters. The molecular weight excluding hydrogens is 256 g/mol. The van der Waals surface area contributed by atoms with Crippen molar-refractivity contribution in [1.82, 2.24) is 0 Å². The molecule has 0 radical (unpaired) electrons. The molecule has 1 aromatic carbocycles. The summed E-state index contributed by atoms with van der Waals surface area (Å²) < 4.78 is 5.16. The average molecular weight is 270 g/mol. The fourth-order valence-electron chi connectivity index (χ4n) is 2.40. The number of nitrogens with one attached hydrogen (secondary N) is 1. The third kappa shape index (κ3) is 2.18. The normalized spacial score (nSPS) is 13.2. The molecule has 0 bridgehead atoms. The van der Waals surface area contributed by atoms with Gasteiger partial charge in [-0.3, -0.25) is 9.59 Å². The first-order chi connectivity index (χ1) is 9.65. The average Bonchev–Trinajstić information content (AvgIpc) is 3.06. The summed E-state index contributed by atoms with van der Waals surface area (Å²) in [5.74, 6) is 0.0309. The number of carbonyl (C=O) groups is 2. The van der Waals surface area contributed by atoms with E-state index in [9.17, 15) is 9.59 Å². The van der Waals surface area contributed by atoms with Crippen molar-refractivity contribution >= 4 is 23.2 Å². The summed E-state index contributed by atoms with van der Waals surface area (Å²) in [4.78, 5) is 25.1. The lowest BCUT2D eigenvalue weighted by atomic mass is 10.1. The van der Waals surface area contributed by atoms with Crippen LogP contribution >= 0.6 is 0 Å². The zero-order valence-electron chi connectivity index (χ0n) is 11.1. The molecule has 3 rings (SSSR count). The number of hydrogen-bond acceptors (Lipinski definition) is 3. The zero-order chi connectivity index (χ0) is 14.1. The number of rotatable bonds is 2. The smallest absolute Gasteiger partial charge is 0.293 e. The minimum Gasteiger partial charge on any atom is -0.459 e. The first kappa shape index (κ1) is 12.5. The third-order valence-electron chi connectivity index (χ3n) is 3.28. The number of anilines is 2. The van der Waals surface area contributed by atoms with Crippen molar-refractivity contribution in [1.29, 1.82) is 0 Å². The Bertz CT molecular complexity index is 662. The third-order valence-corrected chi connectivity index (χ3v) is 3.28. The van der Waals surface area contributed by atoms with E-state index in [-0.39, 0.29) is 11.8 Å². The highest BCUT2D eigenvalue weighted by Gasteiger charge is 2.27. The van der Waals surface area contributed by atoms with Crippen molar-refractivity contribution in [2.45, 2.75) is 13.3 Å². The van der Waals surface area contributed by atoms with E-state index in [2.05, 4.69) is 5.32 Å². The topological polar surface area (TPSA) is 62.6 Å². The van der Waals surface area contributed by atoms with Crippen LogP contribution in [0.4, 0.5) is 11.4 Å². The standard InChI is InChI=1S/C15H14N2O3/c1-10(18)16-12-5-4-11-6-7-17(13(11)9-12)15(19)14-3-2-8-20-14/h2-5,8-9H,6-7H2,1H3,(H,16,18). The van der Waals surface area contributed by atoms with Gasteiger partial charge < -0.3 is 14.6 Å². The van der Waals surface area contributed by atoms with Crippen molar-refractivity contribution in [3.05, 3.63) is 47.9 Å². The van der Waals surface area contributed by atoms with Crippen molar-refractivity contribution in [3.8, 4) is 0 Å². The van der Waals surface area contributed by atoms with Crippen LogP contribution in [-0.2, 0) is 11.2 Å². The molecule has 1 aromatic heterocycles. The van der Waals surface area contributed by atoms with Crippen LogP contribution in [0.3, 0.4) is 0 Å². The Morgan fingerprint density at radius 2 is 2.15 bits per heavy atom. The number of nitrogens with zero attached hydrogens (tertiary/aromatic N) is 1.